The molecule has 0 spiro atoms. The van der Waals surface area contributed by atoms with E-state index in [1.54, 1.807) is 0 Å². The Morgan fingerprint density at radius 2 is 2.31 bits per heavy atom. The lowest BCUT2D eigenvalue weighted by Gasteiger charge is -2.07. The first kappa shape index (κ1) is 12.2. The fourth-order valence-corrected chi connectivity index (χ4v) is 1.12. The van der Waals surface area contributed by atoms with E-state index >= 15 is 0 Å². The summed E-state index contributed by atoms with van der Waals surface area (Å²) in [6, 6.07) is -0.270. The third kappa shape index (κ3) is 2.83. The fourth-order valence-electron chi connectivity index (χ4n) is 1.12. The molecule has 5 nitrogen and oxygen atoms in total. The van der Waals surface area contributed by atoms with E-state index in [1.165, 1.54) is 0 Å². The minimum Gasteiger partial charge on any atom is -0.336 e. The molecule has 1 atom stereocenters. The van der Waals surface area contributed by atoms with Crippen LogP contribution >= 0.6 is 0 Å². The highest BCUT2D eigenvalue weighted by atomic mass is 16.2. The van der Waals surface area contributed by atoms with Crippen LogP contribution in [-0.4, -0.2) is 27.1 Å². The van der Waals surface area contributed by atoms with Crippen LogP contribution in [0.2, 0.25) is 0 Å². The number of nitrogens with one attached hydrogen (secondary N) is 2. The average molecular weight is 220 g/mol. The average Bonchev–Trinajstić information content (AvgIpc) is 2.74. The molecule has 16 heavy (non-hydrogen) atoms. The zero-order chi connectivity index (χ0) is 12.1. The van der Waals surface area contributed by atoms with E-state index in [-0.39, 0.29) is 23.7 Å². The van der Waals surface area contributed by atoms with Gasteiger partial charge in [-0.05, 0) is 6.42 Å². The predicted octanol–water partition coefficient (Wildman–Crippen LogP) is 1.07. The molecule has 0 saturated heterocycles. The topological polar surface area (TPSA) is 70.7 Å². The Bertz CT molecular complexity index is 402. The van der Waals surface area contributed by atoms with Gasteiger partial charge in [0, 0.05) is 5.92 Å². The minimum absolute atomic E-state index is 0.136. The molecule has 1 aromatic heterocycles. The number of nitrogens with zero attached hydrogens (tertiary/aromatic N) is 2. The number of aromatic amines is 1. The normalized spacial score (nSPS) is 12.2. The van der Waals surface area contributed by atoms with Gasteiger partial charge in [0.15, 0.2) is 0 Å². The maximum atomic E-state index is 11.7. The number of amides is 1. The first-order chi connectivity index (χ1) is 7.58. The van der Waals surface area contributed by atoms with Crippen LogP contribution < -0.4 is 5.32 Å². The van der Waals surface area contributed by atoms with Gasteiger partial charge in [0.05, 0.1) is 6.04 Å². The molecule has 1 heterocycles. The van der Waals surface area contributed by atoms with Crippen molar-refractivity contribution in [2.45, 2.75) is 39.2 Å². The van der Waals surface area contributed by atoms with Gasteiger partial charge < -0.3 is 5.32 Å². The van der Waals surface area contributed by atoms with E-state index in [0.29, 0.717) is 12.2 Å². The minimum atomic E-state index is -0.340. The number of aromatic nitrogens is 3. The van der Waals surface area contributed by atoms with Crippen molar-refractivity contribution in [2.24, 2.45) is 0 Å². The quantitative estimate of drug-likeness (QED) is 0.746. The maximum Gasteiger partial charge on any atom is 0.291 e. The van der Waals surface area contributed by atoms with E-state index < -0.39 is 0 Å². The number of hydrogen-bond donors (Lipinski definition) is 2. The molecule has 1 unspecified atom stereocenters. The summed E-state index contributed by atoms with van der Waals surface area (Å²) < 4.78 is 0. The number of rotatable bonds is 4. The van der Waals surface area contributed by atoms with Gasteiger partial charge in [-0.2, -0.15) is 0 Å². The number of carbonyl (C=O) groups excluding carboxylic acids is 1. The van der Waals surface area contributed by atoms with E-state index in [2.05, 4.69) is 26.4 Å². The Kier molecular flexibility index (Phi) is 4.06. The lowest BCUT2D eigenvalue weighted by molar-refractivity contribution is 0.0935. The van der Waals surface area contributed by atoms with Crippen molar-refractivity contribution in [1.29, 1.82) is 0 Å². The standard InChI is InChI=1S/C11H16N4O/c1-5-8(6-2)12-11(16)10-13-9(7(3)4)14-15-10/h1,7-8H,6H2,2-4H3,(H,12,16)(H,13,14,15). The van der Waals surface area contributed by atoms with Crippen LogP contribution in [0.5, 0.6) is 0 Å². The van der Waals surface area contributed by atoms with Crippen LogP contribution in [0.1, 0.15) is 49.6 Å². The second kappa shape index (κ2) is 5.31. The van der Waals surface area contributed by atoms with Gasteiger partial charge in [0.2, 0.25) is 5.82 Å². The van der Waals surface area contributed by atoms with Crippen molar-refractivity contribution in [1.82, 2.24) is 20.5 Å². The van der Waals surface area contributed by atoms with Crippen LogP contribution in [-0.2, 0) is 0 Å². The largest absolute Gasteiger partial charge is 0.336 e. The summed E-state index contributed by atoms with van der Waals surface area (Å²) in [5, 5.41) is 9.23. The van der Waals surface area contributed by atoms with Crippen molar-refractivity contribution in [3.63, 3.8) is 0 Å². The molecule has 86 valence electrons. The maximum absolute atomic E-state index is 11.7. The fraction of sp³-hybridized carbons (Fsp3) is 0.545. The van der Waals surface area contributed by atoms with Gasteiger partial charge in [-0.25, -0.2) is 4.98 Å². The molecule has 0 saturated carbocycles. The summed E-state index contributed by atoms with van der Waals surface area (Å²) in [4.78, 5) is 15.7. The van der Waals surface area contributed by atoms with Crippen LogP contribution in [0.15, 0.2) is 0 Å². The van der Waals surface area contributed by atoms with E-state index in [0.717, 1.165) is 0 Å². The number of H-pyrrole nitrogens is 1. The molecule has 1 amide bonds. The number of hydrogen-bond acceptors (Lipinski definition) is 3. The molecule has 0 aliphatic heterocycles. The molecular formula is C11H16N4O. The third-order valence-corrected chi connectivity index (χ3v) is 2.17. The van der Waals surface area contributed by atoms with Crippen molar-refractivity contribution in [2.75, 3.05) is 0 Å². The Hall–Kier alpha value is -1.83. The van der Waals surface area contributed by atoms with Gasteiger partial charge in [-0.15, -0.1) is 11.5 Å². The van der Waals surface area contributed by atoms with Gasteiger partial charge in [0.25, 0.3) is 5.91 Å². The Labute approximate surface area is 95.0 Å². The Balaban J connectivity index is 2.70. The molecule has 0 aromatic carbocycles. The predicted molar refractivity (Wildman–Crippen MR) is 60.8 cm³/mol. The first-order valence-corrected chi connectivity index (χ1v) is 5.27. The smallest absolute Gasteiger partial charge is 0.291 e. The summed E-state index contributed by atoms with van der Waals surface area (Å²) in [7, 11) is 0. The van der Waals surface area contributed by atoms with E-state index in [1.807, 2.05) is 20.8 Å². The molecule has 0 fully saturated rings. The highest BCUT2D eigenvalue weighted by Crippen LogP contribution is 2.07. The zero-order valence-corrected chi connectivity index (χ0v) is 9.74. The molecule has 1 aromatic rings. The highest BCUT2D eigenvalue weighted by Gasteiger charge is 2.15. The van der Waals surface area contributed by atoms with Crippen molar-refractivity contribution in [3.8, 4) is 12.3 Å². The van der Waals surface area contributed by atoms with Crippen molar-refractivity contribution < 1.29 is 4.79 Å². The molecule has 0 aliphatic rings. The zero-order valence-electron chi connectivity index (χ0n) is 9.74. The first-order valence-electron chi connectivity index (χ1n) is 5.27. The SMILES string of the molecule is C#CC(CC)NC(=O)c1n[nH]c(C(C)C)n1. The molecule has 0 radical (unpaired) electrons. The molecular weight excluding hydrogens is 204 g/mol. The lowest BCUT2D eigenvalue weighted by atomic mass is 10.2. The Morgan fingerprint density at radius 1 is 1.62 bits per heavy atom. The summed E-state index contributed by atoms with van der Waals surface area (Å²) in [5.74, 6) is 3.19. The van der Waals surface area contributed by atoms with Gasteiger partial charge in [-0.3, -0.25) is 9.89 Å². The summed E-state index contributed by atoms with van der Waals surface area (Å²) in [6.45, 7) is 5.85. The van der Waals surface area contributed by atoms with Gasteiger partial charge in [-0.1, -0.05) is 26.7 Å². The Morgan fingerprint density at radius 3 is 2.75 bits per heavy atom. The summed E-state index contributed by atoms with van der Waals surface area (Å²) in [5.41, 5.74) is 0. The number of carbonyl (C=O) groups is 1. The third-order valence-electron chi connectivity index (χ3n) is 2.17. The molecule has 0 aliphatic carbocycles. The monoisotopic (exact) mass is 220 g/mol. The summed E-state index contributed by atoms with van der Waals surface area (Å²) >= 11 is 0. The summed E-state index contributed by atoms with van der Waals surface area (Å²) in [6.07, 6.45) is 5.93. The second-order valence-corrected chi connectivity index (χ2v) is 3.80. The molecule has 2 N–H and O–H groups in total. The van der Waals surface area contributed by atoms with Crippen molar-refractivity contribution >= 4 is 5.91 Å². The van der Waals surface area contributed by atoms with Gasteiger partial charge >= 0.3 is 0 Å². The number of terminal acetylenes is 1. The van der Waals surface area contributed by atoms with Crippen LogP contribution in [0.3, 0.4) is 0 Å². The highest BCUT2D eigenvalue weighted by molar-refractivity contribution is 5.90. The van der Waals surface area contributed by atoms with Crippen LogP contribution in [0.25, 0.3) is 0 Å². The lowest BCUT2D eigenvalue weighted by Crippen LogP contribution is -2.33. The van der Waals surface area contributed by atoms with E-state index in [9.17, 15) is 4.79 Å². The molecule has 0 bridgehead atoms. The van der Waals surface area contributed by atoms with E-state index in [4.69, 9.17) is 6.42 Å². The van der Waals surface area contributed by atoms with Crippen molar-refractivity contribution in [3.05, 3.63) is 11.6 Å². The molecule has 1 rings (SSSR count). The van der Waals surface area contributed by atoms with Crippen LogP contribution in [0, 0.1) is 12.3 Å². The second-order valence-electron chi connectivity index (χ2n) is 3.80. The van der Waals surface area contributed by atoms with Crippen LogP contribution in [0.4, 0.5) is 0 Å². The molecule has 5 heteroatoms. The van der Waals surface area contributed by atoms with Gasteiger partial charge in [0.1, 0.15) is 5.82 Å².